The Kier molecular flexibility index (Phi) is 8.11. The lowest BCUT2D eigenvalue weighted by molar-refractivity contribution is 0.136. The van der Waals surface area contributed by atoms with Gasteiger partial charge < -0.3 is 5.11 Å². The van der Waals surface area contributed by atoms with Gasteiger partial charge in [-0.25, -0.2) is 0 Å². The summed E-state index contributed by atoms with van der Waals surface area (Å²) in [7, 11) is 0. The first-order valence-corrected chi connectivity index (χ1v) is 5.51. The number of unbranched alkanes of at least 4 members (excludes halogenated alkanes) is 3. The molecule has 0 saturated heterocycles. The number of rotatable bonds is 7. The third kappa shape index (κ3) is 8.04. The molecule has 0 aliphatic heterocycles. The van der Waals surface area contributed by atoms with Crippen LogP contribution in [0.3, 0.4) is 0 Å². The quantitative estimate of drug-likeness (QED) is 0.474. The summed E-state index contributed by atoms with van der Waals surface area (Å²) < 4.78 is 0. The first-order valence-electron chi connectivity index (χ1n) is 5.51. The van der Waals surface area contributed by atoms with Crippen LogP contribution < -0.4 is 0 Å². The van der Waals surface area contributed by atoms with Crippen molar-refractivity contribution >= 4 is 0 Å². The average Bonchev–Trinajstić information content (AvgIpc) is 2.10. The Morgan fingerprint density at radius 1 is 1.15 bits per heavy atom. The van der Waals surface area contributed by atoms with Crippen molar-refractivity contribution in [1.29, 1.82) is 0 Å². The molecule has 0 saturated carbocycles. The number of aliphatic hydroxyl groups is 1. The van der Waals surface area contributed by atoms with Gasteiger partial charge in [-0.1, -0.05) is 38.8 Å². The van der Waals surface area contributed by atoms with E-state index < -0.39 is 0 Å². The van der Waals surface area contributed by atoms with Gasteiger partial charge in [0.05, 0.1) is 6.10 Å². The molecular weight excluding hydrogens is 160 g/mol. The van der Waals surface area contributed by atoms with Crippen LogP contribution in [-0.2, 0) is 0 Å². The highest BCUT2D eigenvalue weighted by Crippen LogP contribution is 2.09. The molecule has 1 heteroatoms. The van der Waals surface area contributed by atoms with Gasteiger partial charge in [0, 0.05) is 0 Å². The summed E-state index contributed by atoms with van der Waals surface area (Å²) >= 11 is 0. The van der Waals surface area contributed by atoms with Gasteiger partial charge in [0.1, 0.15) is 0 Å². The van der Waals surface area contributed by atoms with E-state index in [1.54, 1.807) is 0 Å². The molecule has 0 amide bonds. The molecule has 0 bridgehead atoms. The number of hydrogen-bond acceptors (Lipinski definition) is 1. The molecule has 0 heterocycles. The number of allylic oxidation sites excluding steroid dienone is 2. The molecule has 0 aromatic rings. The Morgan fingerprint density at radius 3 is 2.38 bits per heavy atom. The van der Waals surface area contributed by atoms with Crippen LogP contribution in [0.4, 0.5) is 0 Å². The van der Waals surface area contributed by atoms with Crippen molar-refractivity contribution in [2.45, 2.75) is 59.0 Å². The maximum atomic E-state index is 9.23. The van der Waals surface area contributed by atoms with Gasteiger partial charge in [0.15, 0.2) is 0 Å². The highest BCUT2D eigenvalue weighted by molar-refractivity contribution is 4.84. The van der Waals surface area contributed by atoms with Crippen LogP contribution in [-0.4, -0.2) is 11.2 Å². The molecule has 1 nitrogen and oxygen atoms in total. The van der Waals surface area contributed by atoms with E-state index in [0.717, 1.165) is 6.42 Å². The monoisotopic (exact) mass is 184 g/mol. The highest BCUT2D eigenvalue weighted by atomic mass is 16.3. The zero-order chi connectivity index (χ0) is 10.1. The fourth-order valence-electron chi connectivity index (χ4n) is 1.14. The number of aliphatic hydroxyl groups excluding tert-OH is 1. The molecule has 0 aromatic heterocycles. The van der Waals surface area contributed by atoms with E-state index in [1.165, 1.54) is 25.7 Å². The van der Waals surface area contributed by atoms with Crippen LogP contribution in [0.1, 0.15) is 52.9 Å². The SMILES string of the molecule is CCCCC/C=C/C[C@@H](C)[C@H](C)O. The minimum Gasteiger partial charge on any atom is -0.393 e. The zero-order valence-corrected chi connectivity index (χ0v) is 9.29. The third-order valence-electron chi connectivity index (χ3n) is 2.47. The van der Waals surface area contributed by atoms with Crippen LogP contribution in [0.2, 0.25) is 0 Å². The lowest BCUT2D eigenvalue weighted by Crippen LogP contribution is -2.11. The third-order valence-corrected chi connectivity index (χ3v) is 2.47. The van der Waals surface area contributed by atoms with Gasteiger partial charge in [0.25, 0.3) is 0 Å². The van der Waals surface area contributed by atoms with Crippen molar-refractivity contribution in [2.75, 3.05) is 0 Å². The van der Waals surface area contributed by atoms with E-state index in [4.69, 9.17) is 0 Å². The van der Waals surface area contributed by atoms with Crippen molar-refractivity contribution in [2.24, 2.45) is 5.92 Å². The standard InChI is InChI=1S/C12H24O/c1-4-5-6-7-8-9-10-11(2)12(3)13/h8-9,11-13H,4-7,10H2,1-3H3/b9-8+/t11-,12+/m1/s1. The van der Waals surface area contributed by atoms with Crippen molar-refractivity contribution < 1.29 is 5.11 Å². The largest absolute Gasteiger partial charge is 0.393 e. The second-order valence-electron chi connectivity index (χ2n) is 3.92. The van der Waals surface area contributed by atoms with E-state index in [9.17, 15) is 5.11 Å². The Bertz CT molecular complexity index is 127. The zero-order valence-electron chi connectivity index (χ0n) is 9.29. The van der Waals surface area contributed by atoms with E-state index in [0.29, 0.717) is 5.92 Å². The molecule has 0 unspecified atom stereocenters. The molecule has 0 aliphatic rings. The molecule has 13 heavy (non-hydrogen) atoms. The molecule has 0 aromatic carbocycles. The summed E-state index contributed by atoms with van der Waals surface area (Å²) in [4.78, 5) is 0. The Morgan fingerprint density at radius 2 is 1.85 bits per heavy atom. The Labute approximate surface area is 82.9 Å². The van der Waals surface area contributed by atoms with Crippen molar-refractivity contribution in [1.82, 2.24) is 0 Å². The second kappa shape index (κ2) is 8.31. The fourth-order valence-corrected chi connectivity index (χ4v) is 1.14. The van der Waals surface area contributed by atoms with Gasteiger partial charge in [0.2, 0.25) is 0 Å². The van der Waals surface area contributed by atoms with Crippen LogP contribution >= 0.6 is 0 Å². The lowest BCUT2D eigenvalue weighted by Gasteiger charge is -2.10. The van der Waals surface area contributed by atoms with Gasteiger partial charge in [-0.15, -0.1) is 0 Å². The maximum Gasteiger partial charge on any atom is 0.0540 e. The van der Waals surface area contributed by atoms with E-state index >= 15 is 0 Å². The Balaban J connectivity index is 3.30. The predicted molar refractivity (Wildman–Crippen MR) is 58.7 cm³/mol. The van der Waals surface area contributed by atoms with Crippen LogP contribution in [0.25, 0.3) is 0 Å². The first kappa shape index (κ1) is 12.7. The van der Waals surface area contributed by atoms with E-state index in [-0.39, 0.29) is 6.10 Å². The summed E-state index contributed by atoms with van der Waals surface area (Å²) in [5.74, 6) is 0.391. The topological polar surface area (TPSA) is 20.2 Å². The van der Waals surface area contributed by atoms with Gasteiger partial charge in [-0.05, 0) is 32.1 Å². The van der Waals surface area contributed by atoms with Crippen molar-refractivity contribution in [3.8, 4) is 0 Å². The van der Waals surface area contributed by atoms with Gasteiger partial charge in [-0.3, -0.25) is 0 Å². The van der Waals surface area contributed by atoms with Gasteiger partial charge >= 0.3 is 0 Å². The molecular formula is C12H24O. The normalized spacial score (nSPS) is 16.3. The first-order chi connectivity index (χ1) is 6.18. The summed E-state index contributed by atoms with van der Waals surface area (Å²) in [5, 5.41) is 9.23. The summed E-state index contributed by atoms with van der Waals surface area (Å²) in [6.45, 7) is 6.16. The second-order valence-corrected chi connectivity index (χ2v) is 3.92. The molecule has 0 spiro atoms. The molecule has 0 rings (SSSR count). The molecule has 0 aliphatic carbocycles. The van der Waals surface area contributed by atoms with E-state index in [1.807, 2.05) is 6.92 Å². The Hall–Kier alpha value is -0.300. The average molecular weight is 184 g/mol. The molecule has 1 N–H and O–H groups in total. The van der Waals surface area contributed by atoms with Crippen LogP contribution in [0.15, 0.2) is 12.2 Å². The predicted octanol–water partition coefficient (Wildman–Crippen LogP) is 3.53. The maximum absolute atomic E-state index is 9.23. The minimum atomic E-state index is -0.180. The molecule has 0 fully saturated rings. The molecule has 2 atom stereocenters. The van der Waals surface area contributed by atoms with Gasteiger partial charge in [-0.2, -0.15) is 0 Å². The van der Waals surface area contributed by atoms with Crippen LogP contribution in [0, 0.1) is 5.92 Å². The fraction of sp³-hybridized carbons (Fsp3) is 0.833. The smallest absolute Gasteiger partial charge is 0.0540 e. The number of hydrogen-bond donors (Lipinski definition) is 1. The summed E-state index contributed by atoms with van der Waals surface area (Å²) in [6, 6.07) is 0. The van der Waals surface area contributed by atoms with Crippen molar-refractivity contribution in [3.63, 3.8) is 0 Å². The lowest BCUT2D eigenvalue weighted by atomic mass is 10.0. The van der Waals surface area contributed by atoms with Crippen molar-refractivity contribution in [3.05, 3.63) is 12.2 Å². The summed E-state index contributed by atoms with van der Waals surface area (Å²) in [5.41, 5.74) is 0. The summed E-state index contributed by atoms with van der Waals surface area (Å²) in [6.07, 6.45) is 10.4. The van der Waals surface area contributed by atoms with E-state index in [2.05, 4.69) is 26.0 Å². The molecule has 78 valence electrons. The van der Waals surface area contributed by atoms with Crippen LogP contribution in [0.5, 0.6) is 0 Å². The minimum absolute atomic E-state index is 0.180. The molecule has 0 radical (unpaired) electrons. The highest BCUT2D eigenvalue weighted by Gasteiger charge is 2.04.